The summed E-state index contributed by atoms with van der Waals surface area (Å²) in [5.74, 6) is 1.48. The van der Waals surface area contributed by atoms with E-state index in [9.17, 15) is 4.79 Å². The molecule has 25 heavy (non-hydrogen) atoms. The number of amides is 1. The third-order valence-electron chi connectivity index (χ3n) is 5.18. The molecule has 0 bridgehead atoms. The molecule has 2 saturated heterocycles. The molecule has 2 atom stereocenters. The van der Waals surface area contributed by atoms with Crippen LogP contribution in [0.5, 0.6) is 0 Å². The molecule has 2 fully saturated rings. The molecule has 0 N–H and O–H groups in total. The van der Waals surface area contributed by atoms with Crippen molar-refractivity contribution >= 4 is 11.6 Å². The largest absolute Gasteiger partial charge is 0.368 e. The van der Waals surface area contributed by atoms with Crippen molar-refractivity contribution in [2.75, 3.05) is 50.7 Å². The van der Waals surface area contributed by atoms with E-state index in [1.54, 1.807) is 12.3 Å². The van der Waals surface area contributed by atoms with Crippen LogP contribution in [-0.2, 0) is 4.79 Å². The zero-order valence-electron chi connectivity index (χ0n) is 15.2. The molecule has 0 radical (unpaired) electrons. The fraction of sp³-hybridized carbons (Fsp3) is 0.632. The highest BCUT2D eigenvalue weighted by Crippen LogP contribution is 2.21. The van der Waals surface area contributed by atoms with Crippen molar-refractivity contribution < 1.29 is 4.79 Å². The summed E-state index contributed by atoms with van der Waals surface area (Å²) in [4.78, 5) is 23.3. The second-order valence-electron chi connectivity index (χ2n) is 7.52. The fourth-order valence-electron chi connectivity index (χ4n) is 3.96. The van der Waals surface area contributed by atoms with E-state index in [4.69, 9.17) is 5.26 Å². The topological polar surface area (TPSA) is 63.5 Å². The standard InChI is InChI=1S/C19H27N5O/c1-15-9-16(2)13-24(12-15)19(25)14-22-5-7-23(8-6-22)18-4-3-17(10-20)21-11-18/h3-4,11,15-16H,5-9,12-14H2,1-2H3. The lowest BCUT2D eigenvalue weighted by molar-refractivity contribution is -0.135. The maximum Gasteiger partial charge on any atom is 0.236 e. The first-order chi connectivity index (χ1) is 12.0. The molecule has 1 aromatic heterocycles. The highest BCUT2D eigenvalue weighted by molar-refractivity contribution is 5.78. The van der Waals surface area contributed by atoms with Crippen LogP contribution in [0.25, 0.3) is 0 Å². The van der Waals surface area contributed by atoms with Crippen molar-refractivity contribution in [1.82, 2.24) is 14.8 Å². The average molecular weight is 341 g/mol. The van der Waals surface area contributed by atoms with Gasteiger partial charge in [-0.3, -0.25) is 9.69 Å². The third-order valence-corrected chi connectivity index (χ3v) is 5.18. The van der Waals surface area contributed by atoms with Crippen molar-refractivity contribution in [3.63, 3.8) is 0 Å². The molecular formula is C19H27N5O. The maximum atomic E-state index is 12.6. The summed E-state index contributed by atoms with van der Waals surface area (Å²) in [7, 11) is 0. The predicted molar refractivity (Wildman–Crippen MR) is 97.1 cm³/mol. The third kappa shape index (κ3) is 4.49. The number of anilines is 1. The van der Waals surface area contributed by atoms with Gasteiger partial charge in [0.2, 0.25) is 5.91 Å². The van der Waals surface area contributed by atoms with E-state index in [1.807, 2.05) is 12.1 Å². The van der Waals surface area contributed by atoms with Crippen molar-refractivity contribution in [2.45, 2.75) is 20.3 Å². The highest BCUT2D eigenvalue weighted by Gasteiger charge is 2.27. The molecule has 6 nitrogen and oxygen atoms in total. The SMILES string of the molecule is CC1CC(C)CN(C(=O)CN2CCN(c3ccc(C#N)nc3)CC2)C1. The van der Waals surface area contributed by atoms with Gasteiger partial charge in [-0.25, -0.2) is 4.98 Å². The Morgan fingerprint density at radius 3 is 2.44 bits per heavy atom. The summed E-state index contributed by atoms with van der Waals surface area (Å²) in [6.07, 6.45) is 2.98. The molecule has 6 heteroatoms. The number of nitrogens with zero attached hydrogens (tertiary/aromatic N) is 5. The lowest BCUT2D eigenvalue weighted by Gasteiger charge is -2.39. The van der Waals surface area contributed by atoms with Crippen molar-refractivity contribution in [2.24, 2.45) is 11.8 Å². The molecule has 0 spiro atoms. The van der Waals surface area contributed by atoms with Crippen LogP contribution < -0.4 is 4.90 Å². The van der Waals surface area contributed by atoms with E-state index in [2.05, 4.69) is 33.5 Å². The number of aromatic nitrogens is 1. The number of carbonyl (C=O) groups excluding carboxylic acids is 1. The van der Waals surface area contributed by atoms with Gasteiger partial charge in [0.1, 0.15) is 11.8 Å². The minimum atomic E-state index is 0.270. The summed E-state index contributed by atoms with van der Waals surface area (Å²) in [5.41, 5.74) is 1.49. The monoisotopic (exact) mass is 341 g/mol. The Morgan fingerprint density at radius 1 is 1.20 bits per heavy atom. The van der Waals surface area contributed by atoms with Crippen molar-refractivity contribution in [3.8, 4) is 6.07 Å². The van der Waals surface area contributed by atoms with Gasteiger partial charge >= 0.3 is 0 Å². The van der Waals surface area contributed by atoms with Crippen LogP contribution in [0.2, 0.25) is 0 Å². The Hall–Kier alpha value is -2.13. The summed E-state index contributed by atoms with van der Waals surface area (Å²) in [6, 6.07) is 5.74. The molecule has 1 aromatic rings. The quantitative estimate of drug-likeness (QED) is 0.835. The Morgan fingerprint density at radius 2 is 1.88 bits per heavy atom. The minimum Gasteiger partial charge on any atom is -0.368 e. The lowest BCUT2D eigenvalue weighted by Crippen LogP contribution is -2.52. The number of carbonyl (C=O) groups is 1. The number of pyridine rings is 1. The molecule has 3 rings (SSSR count). The van der Waals surface area contributed by atoms with Crippen LogP contribution in [0.4, 0.5) is 5.69 Å². The zero-order valence-corrected chi connectivity index (χ0v) is 15.2. The van der Waals surface area contributed by atoms with E-state index in [0.29, 0.717) is 24.1 Å². The predicted octanol–water partition coefficient (Wildman–Crippen LogP) is 1.58. The second kappa shape index (κ2) is 7.83. The molecule has 2 aliphatic heterocycles. The summed E-state index contributed by atoms with van der Waals surface area (Å²) in [5, 5.41) is 8.83. The van der Waals surface area contributed by atoms with Gasteiger partial charge in [-0.2, -0.15) is 5.26 Å². The molecule has 2 aliphatic rings. The molecule has 3 heterocycles. The van der Waals surface area contributed by atoms with Crippen LogP contribution >= 0.6 is 0 Å². The first kappa shape index (κ1) is 17.7. The molecule has 0 aliphatic carbocycles. The van der Waals surface area contributed by atoms with Crippen LogP contribution in [-0.4, -0.2) is 66.5 Å². The zero-order chi connectivity index (χ0) is 17.8. The lowest BCUT2D eigenvalue weighted by atomic mass is 9.92. The van der Waals surface area contributed by atoms with E-state index in [-0.39, 0.29) is 5.91 Å². The number of hydrogen-bond acceptors (Lipinski definition) is 5. The first-order valence-corrected chi connectivity index (χ1v) is 9.16. The van der Waals surface area contributed by atoms with E-state index < -0.39 is 0 Å². The van der Waals surface area contributed by atoms with Gasteiger partial charge in [-0.1, -0.05) is 13.8 Å². The normalized spacial score (nSPS) is 24.8. The number of rotatable bonds is 3. The van der Waals surface area contributed by atoms with E-state index in [0.717, 1.165) is 45.0 Å². The molecule has 0 aromatic carbocycles. The highest BCUT2D eigenvalue weighted by atomic mass is 16.2. The summed E-state index contributed by atoms with van der Waals surface area (Å²) >= 11 is 0. The van der Waals surface area contributed by atoms with Gasteiger partial charge < -0.3 is 9.80 Å². The van der Waals surface area contributed by atoms with E-state index in [1.165, 1.54) is 6.42 Å². The Labute approximate surface area is 150 Å². The maximum absolute atomic E-state index is 12.6. The van der Waals surface area contributed by atoms with Gasteiger partial charge in [0.05, 0.1) is 18.4 Å². The number of piperazine rings is 1. The minimum absolute atomic E-state index is 0.270. The van der Waals surface area contributed by atoms with Crippen molar-refractivity contribution in [3.05, 3.63) is 24.0 Å². The van der Waals surface area contributed by atoms with Crippen LogP contribution in [0.3, 0.4) is 0 Å². The van der Waals surface area contributed by atoms with Crippen LogP contribution in [0.15, 0.2) is 18.3 Å². The van der Waals surface area contributed by atoms with E-state index >= 15 is 0 Å². The Kier molecular flexibility index (Phi) is 5.54. The van der Waals surface area contributed by atoms with Crippen LogP contribution in [0, 0.1) is 23.2 Å². The summed E-state index contributed by atoms with van der Waals surface area (Å²) in [6.45, 7) is 10.3. The summed E-state index contributed by atoms with van der Waals surface area (Å²) < 4.78 is 0. The number of hydrogen-bond donors (Lipinski definition) is 0. The number of likely N-dealkylation sites (tertiary alicyclic amines) is 1. The first-order valence-electron chi connectivity index (χ1n) is 9.16. The van der Waals surface area contributed by atoms with Gasteiger partial charge in [-0.05, 0) is 30.4 Å². The number of piperidine rings is 1. The molecule has 0 saturated carbocycles. The molecular weight excluding hydrogens is 314 g/mol. The fourth-order valence-corrected chi connectivity index (χ4v) is 3.96. The Balaban J connectivity index is 1.48. The van der Waals surface area contributed by atoms with Crippen molar-refractivity contribution in [1.29, 1.82) is 5.26 Å². The molecule has 2 unspecified atom stereocenters. The van der Waals surface area contributed by atoms with Gasteiger partial charge in [0, 0.05) is 39.3 Å². The number of nitriles is 1. The average Bonchev–Trinajstić information content (AvgIpc) is 2.61. The Bertz CT molecular complexity index is 620. The van der Waals surface area contributed by atoms with Gasteiger partial charge in [-0.15, -0.1) is 0 Å². The smallest absolute Gasteiger partial charge is 0.236 e. The van der Waals surface area contributed by atoms with Gasteiger partial charge in [0.25, 0.3) is 0 Å². The van der Waals surface area contributed by atoms with Gasteiger partial charge in [0.15, 0.2) is 0 Å². The second-order valence-corrected chi connectivity index (χ2v) is 7.52. The van der Waals surface area contributed by atoms with Crippen LogP contribution in [0.1, 0.15) is 26.0 Å². The molecule has 1 amide bonds. The molecule has 134 valence electrons.